The maximum Gasteiger partial charge on any atom is 0.472 e. The average Bonchev–Trinajstić information content (AvgIpc) is 3.15. The average molecular weight is 813 g/mol. The number of hydrogen-bond acceptors (Lipinski definition) is 7. The second kappa shape index (κ2) is 38.7. The molecular weight excluding hydrogens is 725 g/mol. The number of nitrogens with zero attached hydrogens (tertiary/aromatic N) is 1. The summed E-state index contributed by atoms with van der Waals surface area (Å²) in [6.07, 6.45) is 43.3. The number of rotatable bonds is 41. The van der Waals surface area contributed by atoms with Gasteiger partial charge in [-0.25, -0.2) is 4.57 Å². The second-order valence-corrected chi connectivity index (χ2v) is 17.9. The zero-order valence-corrected chi connectivity index (χ0v) is 37.8. The Kier molecular flexibility index (Phi) is 37.5. The summed E-state index contributed by atoms with van der Waals surface area (Å²) in [6, 6.07) is 0. The van der Waals surface area contributed by atoms with E-state index in [9.17, 15) is 19.0 Å². The van der Waals surface area contributed by atoms with Crippen LogP contribution < -0.4 is 0 Å². The van der Waals surface area contributed by atoms with E-state index in [0.29, 0.717) is 23.9 Å². The minimum Gasteiger partial charge on any atom is -0.462 e. The van der Waals surface area contributed by atoms with E-state index >= 15 is 0 Å². The molecule has 0 bridgehead atoms. The first-order chi connectivity index (χ1) is 27.0. The van der Waals surface area contributed by atoms with Gasteiger partial charge in [0.2, 0.25) is 0 Å². The molecule has 0 aromatic carbocycles. The molecule has 10 heteroatoms. The van der Waals surface area contributed by atoms with Gasteiger partial charge in [-0.15, -0.1) is 0 Å². The number of esters is 2. The van der Waals surface area contributed by atoms with Gasteiger partial charge in [0, 0.05) is 12.8 Å². The number of allylic oxidation sites excluding steroid dienone is 6. The molecule has 0 amide bonds. The summed E-state index contributed by atoms with van der Waals surface area (Å²) in [5.41, 5.74) is 0. The Morgan fingerprint density at radius 3 is 1.46 bits per heavy atom. The van der Waals surface area contributed by atoms with Gasteiger partial charge in [0.15, 0.2) is 6.10 Å². The molecule has 0 saturated carbocycles. The van der Waals surface area contributed by atoms with Crippen molar-refractivity contribution in [3.05, 3.63) is 36.5 Å². The molecule has 0 aliphatic rings. The van der Waals surface area contributed by atoms with Crippen LogP contribution >= 0.6 is 7.82 Å². The Morgan fingerprint density at radius 2 is 0.964 bits per heavy atom. The number of carbonyl (C=O) groups excluding carboxylic acids is 2. The predicted octanol–water partition coefficient (Wildman–Crippen LogP) is 12.9. The van der Waals surface area contributed by atoms with Crippen molar-refractivity contribution in [2.45, 2.75) is 200 Å². The van der Waals surface area contributed by atoms with Crippen LogP contribution in [0.3, 0.4) is 0 Å². The van der Waals surface area contributed by atoms with Crippen LogP contribution in [0.2, 0.25) is 0 Å². The fourth-order valence-corrected chi connectivity index (χ4v) is 6.82. The highest BCUT2D eigenvalue weighted by Gasteiger charge is 2.27. The minimum atomic E-state index is -4.38. The maximum atomic E-state index is 12.7. The summed E-state index contributed by atoms with van der Waals surface area (Å²) in [5.74, 6) is -0.819. The molecule has 1 N–H and O–H groups in total. The molecule has 0 aromatic rings. The van der Waals surface area contributed by atoms with Crippen molar-refractivity contribution in [1.29, 1.82) is 0 Å². The fourth-order valence-electron chi connectivity index (χ4n) is 6.08. The van der Waals surface area contributed by atoms with E-state index in [1.807, 2.05) is 21.1 Å². The molecule has 1 unspecified atom stereocenters. The van der Waals surface area contributed by atoms with Gasteiger partial charge < -0.3 is 18.9 Å². The summed E-state index contributed by atoms with van der Waals surface area (Å²) >= 11 is 0. The van der Waals surface area contributed by atoms with Crippen molar-refractivity contribution in [3.8, 4) is 0 Å². The van der Waals surface area contributed by atoms with E-state index < -0.39 is 26.5 Å². The molecule has 2 atom stereocenters. The van der Waals surface area contributed by atoms with Crippen LogP contribution in [0.15, 0.2) is 36.5 Å². The third-order valence-electron chi connectivity index (χ3n) is 9.67. The predicted molar refractivity (Wildman–Crippen MR) is 234 cm³/mol. The topological polar surface area (TPSA) is 108 Å². The molecule has 0 radical (unpaired) electrons. The number of carbonyl (C=O) groups is 2. The van der Waals surface area contributed by atoms with Gasteiger partial charge >= 0.3 is 19.8 Å². The molecule has 0 spiro atoms. The van der Waals surface area contributed by atoms with E-state index in [-0.39, 0.29) is 32.0 Å². The zero-order valence-electron chi connectivity index (χ0n) is 36.9. The first kappa shape index (κ1) is 54.2. The Bertz CT molecular complexity index is 1050. The van der Waals surface area contributed by atoms with Gasteiger partial charge in [-0.2, -0.15) is 0 Å². The van der Waals surface area contributed by atoms with Crippen LogP contribution in [0.1, 0.15) is 194 Å². The highest BCUT2D eigenvalue weighted by molar-refractivity contribution is 7.47. The Morgan fingerprint density at radius 1 is 0.554 bits per heavy atom. The fraction of sp³-hybridized carbons (Fsp3) is 0.826. The normalized spacial score (nSPS) is 13.9. The molecule has 0 fully saturated rings. The molecular formula is C46H87NO8P+. The third-order valence-corrected chi connectivity index (χ3v) is 10.7. The summed E-state index contributed by atoms with van der Waals surface area (Å²) in [4.78, 5) is 35.4. The van der Waals surface area contributed by atoms with Gasteiger partial charge in [0.05, 0.1) is 27.7 Å². The number of unbranched alkanes of at least 4 members (excludes halogenated alkanes) is 21. The maximum absolute atomic E-state index is 12.7. The van der Waals surface area contributed by atoms with Crippen molar-refractivity contribution in [2.24, 2.45) is 0 Å². The van der Waals surface area contributed by atoms with Crippen molar-refractivity contribution < 1.29 is 42.1 Å². The molecule has 0 saturated heterocycles. The Balaban J connectivity index is 4.37. The lowest BCUT2D eigenvalue weighted by Gasteiger charge is -2.24. The number of likely N-dealkylation sites (N-methyl/N-ethyl adjacent to an activating group) is 1. The summed E-state index contributed by atoms with van der Waals surface area (Å²) in [7, 11) is 1.47. The summed E-state index contributed by atoms with van der Waals surface area (Å²) in [6.45, 7) is 4.38. The summed E-state index contributed by atoms with van der Waals surface area (Å²) < 4.78 is 34.3. The van der Waals surface area contributed by atoms with Crippen LogP contribution in [0.25, 0.3) is 0 Å². The van der Waals surface area contributed by atoms with Gasteiger partial charge in [-0.3, -0.25) is 18.6 Å². The Labute approximate surface area is 344 Å². The molecule has 56 heavy (non-hydrogen) atoms. The lowest BCUT2D eigenvalue weighted by molar-refractivity contribution is -0.870. The second-order valence-electron chi connectivity index (χ2n) is 16.4. The van der Waals surface area contributed by atoms with Gasteiger partial charge in [0.1, 0.15) is 19.8 Å². The number of phosphoric ester groups is 1. The zero-order chi connectivity index (χ0) is 41.4. The lowest BCUT2D eigenvalue weighted by Crippen LogP contribution is -2.37. The van der Waals surface area contributed by atoms with Gasteiger partial charge in [-0.05, 0) is 51.4 Å². The third kappa shape index (κ3) is 41.9. The minimum absolute atomic E-state index is 0.0287. The molecule has 328 valence electrons. The van der Waals surface area contributed by atoms with Crippen molar-refractivity contribution in [3.63, 3.8) is 0 Å². The van der Waals surface area contributed by atoms with Crippen molar-refractivity contribution in [1.82, 2.24) is 0 Å². The van der Waals surface area contributed by atoms with E-state index in [1.54, 1.807) is 0 Å². The number of phosphoric acid groups is 1. The van der Waals surface area contributed by atoms with Crippen molar-refractivity contribution in [2.75, 3.05) is 47.5 Å². The van der Waals surface area contributed by atoms with E-state index in [4.69, 9.17) is 18.5 Å². The number of hydrogen-bond donors (Lipinski definition) is 1. The molecule has 0 aromatic heterocycles. The summed E-state index contributed by atoms with van der Waals surface area (Å²) in [5, 5.41) is 0. The highest BCUT2D eigenvalue weighted by atomic mass is 31.2. The van der Waals surface area contributed by atoms with E-state index in [1.165, 1.54) is 103 Å². The highest BCUT2D eigenvalue weighted by Crippen LogP contribution is 2.43. The van der Waals surface area contributed by atoms with Crippen molar-refractivity contribution >= 4 is 19.8 Å². The van der Waals surface area contributed by atoms with Crippen LogP contribution in [0.4, 0.5) is 0 Å². The lowest BCUT2D eigenvalue weighted by atomic mass is 10.0. The van der Waals surface area contributed by atoms with Crippen LogP contribution in [-0.2, 0) is 32.7 Å². The first-order valence-electron chi connectivity index (χ1n) is 22.7. The smallest absolute Gasteiger partial charge is 0.462 e. The van der Waals surface area contributed by atoms with Gasteiger partial charge in [-0.1, -0.05) is 166 Å². The first-order valence-corrected chi connectivity index (χ1v) is 24.2. The SMILES string of the molecule is CCCCC/C=C/C/C=C/C/C=C/CCCCCCC(=O)OC[C@H](COP(=O)(O)OCC[N+](C)(C)C)OC(=O)CCCCCCCCCCCCCCCCC. The molecule has 9 nitrogen and oxygen atoms in total. The van der Waals surface area contributed by atoms with Gasteiger partial charge in [0.25, 0.3) is 0 Å². The van der Waals surface area contributed by atoms with E-state index in [0.717, 1.165) is 51.4 Å². The number of quaternary nitrogens is 1. The standard InChI is InChI=1S/C46H86NO8P/c1-6-8-10-12-14-16-18-20-22-23-25-26-28-30-32-34-36-38-45(48)52-42-44(43-54-56(50,51)53-41-40-47(3,4)5)55-46(49)39-37-35-33-31-29-27-24-21-19-17-15-13-11-9-7-2/h14,16,20,22,25-26,44H,6-13,15,17-19,21,23-24,27-43H2,1-5H3/p+1/b16-14+,22-20+,26-25+/t44-/m1/s1. The van der Waals surface area contributed by atoms with E-state index in [2.05, 4.69) is 50.3 Å². The van der Waals surface area contributed by atoms with Crippen LogP contribution in [-0.4, -0.2) is 74.9 Å². The molecule has 0 heterocycles. The quantitative estimate of drug-likeness (QED) is 0.0214. The van der Waals surface area contributed by atoms with Crippen LogP contribution in [0.5, 0.6) is 0 Å². The Hall–Kier alpha value is -1.77. The molecule has 0 rings (SSSR count). The monoisotopic (exact) mass is 813 g/mol. The molecule has 0 aliphatic heterocycles. The molecule has 0 aliphatic carbocycles. The largest absolute Gasteiger partial charge is 0.472 e. The number of ether oxygens (including phenoxy) is 2. The van der Waals surface area contributed by atoms with Crippen LogP contribution in [0, 0.1) is 0 Å².